The van der Waals surface area contributed by atoms with E-state index >= 15 is 0 Å². The molecule has 29 heavy (non-hydrogen) atoms. The number of imide groups is 1. The highest BCUT2D eigenvalue weighted by Crippen LogP contribution is 2.26. The second-order valence-electron chi connectivity index (χ2n) is 6.93. The average molecular weight is 434 g/mol. The van der Waals surface area contributed by atoms with Crippen molar-refractivity contribution in [3.8, 4) is 11.5 Å². The van der Waals surface area contributed by atoms with Gasteiger partial charge in [0, 0.05) is 15.7 Å². The quantitative estimate of drug-likeness (QED) is 0.222. The Balaban J connectivity index is 1.55. The normalized spacial score (nSPS) is 16.1. The fourth-order valence-corrected chi connectivity index (χ4v) is 3.60. The molecule has 3 rings (SSSR count). The second-order valence-corrected chi connectivity index (χ2v) is 8.41. The number of benzene rings is 2. The SMILES string of the molecule is CC1(C)NC(=O)N(C/C(CSc2ccc(Oc3ccc(Cl)cc3)cc2)=N\O)C1=O. The molecule has 3 amide bonds. The number of oxime groups is 1. The fourth-order valence-electron chi connectivity index (χ4n) is 2.66. The van der Waals surface area contributed by atoms with Crippen molar-refractivity contribution in [2.45, 2.75) is 24.3 Å². The number of carbonyl (C=O) groups is 2. The van der Waals surface area contributed by atoms with Crippen LogP contribution in [0, 0.1) is 0 Å². The van der Waals surface area contributed by atoms with E-state index in [2.05, 4.69) is 10.5 Å². The van der Waals surface area contributed by atoms with E-state index in [9.17, 15) is 14.8 Å². The molecule has 2 aromatic rings. The van der Waals surface area contributed by atoms with Gasteiger partial charge in [-0.05, 0) is 62.4 Å². The van der Waals surface area contributed by atoms with Crippen LogP contribution in [0.4, 0.5) is 4.79 Å². The molecule has 1 aliphatic rings. The van der Waals surface area contributed by atoms with Gasteiger partial charge < -0.3 is 15.3 Å². The van der Waals surface area contributed by atoms with E-state index in [4.69, 9.17) is 16.3 Å². The maximum Gasteiger partial charge on any atom is 0.325 e. The van der Waals surface area contributed by atoms with Crippen LogP contribution in [-0.4, -0.2) is 45.6 Å². The zero-order valence-electron chi connectivity index (χ0n) is 15.9. The van der Waals surface area contributed by atoms with Gasteiger partial charge >= 0.3 is 6.03 Å². The Labute approximate surface area is 177 Å². The van der Waals surface area contributed by atoms with Crippen LogP contribution in [0.1, 0.15) is 13.8 Å². The number of halogens is 1. The molecular weight excluding hydrogens is 414 g/mol. The predicted molar refractivity (Wildman–Crippen MR) is 112 cm³/mol. The van der Waals surface area contributed by atoms with E-state index in [-0.39, 0.29) is 12.5 Å². The van der Waals surface area contributed by atoms with E-state index in [1.807, 2.05) is 24.3 Å². The third kappa shape index (κ3) is 5.21. The van der Waals surface area contributed by atoms with Gasteiger partial charge in [0.15, 0.2) is 0 Å². The summed E-state index contributed by atoms with van der Waals surface area (Å²) in [6.07, 6.45) is 0. The first-order valence-electron chi connectivity index (χ1n) is 8.79. The highest BCUT2D eigenvalue weighted by Gasteiger charge is 2.44. The standard InChI is InChI=1S/C20H20ClN3O4S/c1-20(2)18(25)24(19(26)22-20)11-14(23-27)12-29-17-9-7-16(8-10-17)28-15-5-3-13(21)4-6-15/h3-10,27H,11-12H2,1-2H3,(H,22,26)/b23-14+. The molecule has 2 aromatic carbocycles. The molecule has 0 bridgehead atoms. The van der Waals surface area contributed by atoms with Crippen LogP contribution in [0.15, 0.2) is 58.6 Å². The van der Waals surface area contributed by atoms with Gasteiger partial charge in [0.25, 0.3) is 5.91 Å². The third-order valence-electron chi connectivity index (χ3n) is 4.20. The van der Waals surface area contributed by atoms with Gasteiger partial charge in [0.1, 0.15) is 17.0 Å². The van der Waals surface area contributed by atoms with Crippen LogP contribution < -0.4 is 10.1 Å². The number of amides is 3. The Kier molecular flexibility index (Phi) is 6.34. The number of nitrogens with one attached hydrogen (secondary N) is 1. The summed E-state index contributed by atoms with van der Waals surface area (Å²) in [5, 5.41) is 15.8. The van der Waals surface area contributed by atoms with Crippen LogP contribution in [0.2, 0.25) is 5.02 Å². The van der Waals surface area contributed by atoms with Gasteiger partial charge in [-0.3, -0.25) is 9.69 Å². The van der Waals surface area contributed by atoms with Crippen LogP contribution in [0.3, 0.4) is 0 Å². The van der Waals surface area contributed by atoms with E-state index in [0.29, 0.717) is 28.0 Å². The molecule has 0 spiro atoms. The van der Waals surface area contributed by atoms with E-state index in [1.54, 1.807) is 38.1 Å². The van der Waals surface area contributed by atoms with Crippen molar-refractivity contribution >= 4 is 41.0 Å². The number of carbonyl (C=O) groups excluding carboxylic acids is 2. The highest BCUT2D eigenvalue weighted by atomic mass is 35.5. The van der Waals surface area contributed by atoms with Crippen LogP contribution >= 0.6 is 23.4 Å². The monoisotopic (exact) mass is 433 g/mol. The molecule has 0 saturated carbocycles. The summed E-state index contributed by atoms with van der Waals surface area (Å²) < 4.78 is 5.75. The van der Waals surface area contributed by atoms with Crippen molar-refractivity contribution in [1.82, 2.24) is 10.2 Å². The number of urea groups is 1. The zero-order valence-corrected chi connectivity index (χ0v) is 17.5. The predicted octanol–water partition coefficient (Wildman–Crippen LogP) is 4.39. The molecule has 1 saturated heterocycles. The summed E-state index contributed by atoms with van der Waals surface area (Å²) >= 11 is 7.28. The van der Waals surface area contributed by atoms with Crippen molar-refractivity contribution in [2.24, 2.45) is 5.16 Å². The number of rotatable bonds is 7. The number of hydrogen-bond acceptors (Lipinski definition) is 6. The molecule has 0 aliphatic carbocycles. The zero-order chi connectivity index (χ0) is 21.0. The maximum atomic E-state index is 12.2. The van der Waals surface area contributed by atoms with E-state index in [1.165, 1.54) is 11.8 Å². The Morgan fingerprint density at radius 1 is 1.14 bits per heavy atom. The number of nitrogens with zero attached hydrogens (tertiary/aromatic N) is 2. The molecule has 0 radical (unpaired) electrons. The molecule has 9 heteroatoms. The largest absolute Gasteiger partial charge is 0.457 e. The lowest BCUT2D eigenvalue weighted by atomic mass is 10.1. The lowest BCUT2D eigenvalue weighted by Crippen LogP contribution is -2.41. The fraction of sp³-hybridized carbons (Fsp3) is 0.250. The Morgan fingerprint density at radius 3 is 2.24 bits per heavy atom. The molecule has 1 heterocycles. The smallest absolute Gasteiger partial charge is 0.325 e. The van der Waals surface area contributed by atoms with Crippen molar-refractivity contribution in [2.75, 3.05) is 12.3 Å². The number of hydrogen-bond donors (Lipinski definition) is 2. The van der Waals surface area contributed by atoms with E-state index < -0.39 is 11.6 Å². The molecule has 1 fully saturated rings. The van der Waals surface area contributed by atoms with Crippen molar-refractivity contribution < 1.29 is 19.5 Å². The van der Waals surface area contributed by atoms with Crippen molar-refractivity contribution in [1.29, 1.82) is 0 Å². The number of thioether (sulfide) groups is 1. The summed E-state index contributed by atoms with van der Waals surface area (Å²) in [7, 11) is 0. The first-order chi connectivity index (χ1) is 13.8. The van der Waals surface area contributed by atoms with Crippen molar-refractivity contribution in [3.05, 3.63) is 53.6 Å². The molecule has 152 valence electrons. The summed E-state index contributed by atoms with van der Waals surface area (Å²) in [4.78, 5) is 26.2. The summed E-state index contributed by atoms with van der Waals surface area (Å²) in [5.41, 5.74) is -0.636. The lowest BCUT2D eigenvalue weighted by molar-refractivity contribution is -0.129. The summed E-state index contributed by atoms with van der Waals surface area (Å²) in [6, 6.07) is 14.0. The van der Waals surface area contributed by atoms with Gasteiger partial charge in [0.05, 0.1) is 12.3 Å². The Hall–Kier alpha value is -2.71. The molecular formula is C20H20ClN3O4S. The van der Waals surface area contributed by atoms with Gasteiger partial charge in [-0.2, -0.15) is 0 Å². The Morgan fingerprint density at radius 2 is 1.72 bits per heavy atom. The highest BCUT2D eigenvalue weighted by molar-refractivity contribution is 8.00. The average Bonchev–Trinajstić information content (AvgIpc) is 2.89. The van der Waals surface area contributed by atoms with Gasteiger partial charge in [-0.15, -0.1) is 11.8 Å². The summed E-state index contributed by atoms with van der Waals surface area (Å²) in [5.74, 6) is 1.33. The maximum absolute atomic E-state index is 12.2. The van der Waals surface area contributed by atoms with Crippen LogP contribution in [0.25, 0.3) is 0 Å². The van der Waals surface area contributed by atoms with Gasteiger partial charge in [-0.1, -0.05) is 16.8 Å². The van der Waals surface area contributed by atoms with Crippen LogP contribution in [-0.2, 0) is 4.79 Å². The minimum atomic E-state index is -0.954. The molecule has 0 atom stereocenters. The molecule has 7 nitrogen and oxygen atoms in total. The second kappa shape index (κ2) is 8.75. The minimum absolute atomic E-state index is 0.0602. The van der Waals surface area contributed by atoms with Gasteiger partial charge in [0.2, 0.25) is 0 Å². The van der Waals surface area contributed by atoms with E-state index in [0.717, 1.165) is 9.80 Å². The Bertz CT molecular complexity index is 930. The number of ether oxygens (including phenoxy) is 1. The van der Waals surface area contributed by atoms with Gasteiger partial charge in [-0.25, -0.2) is 4.79 Å². The lowest BCUT2D eigenvalue weighted by Gasteiger charge is -2.16. The molecule has 0 unspecified atom stereocenters. The first-order valence-corrected chi connectivity index (χ1v) is 10.1. The van der Waals surface area contributed by atoms with Crippen molar-refractivity contribution in [3.63, 3.8) is 0 Å². The summed E-state index contributed by atoms with van der Waals surface area (Å²) in [6.45, 7) is 3.20. The molecule has 2 N–H and O–H groups in total. The third-order valence-corrected chi connectivity index (χ3v) is 5.54. The first kappa shape index (κ1) is 21.0. The molecule has 0 aromatic heterocycles. The van der Waals surface area contributed by atoms with Crippen LogP contribution in [0.5, 0.6) is 11.5 Å². The topological polar surface area (TPSA) is 91.2 Å². The molecule has 1 aliphatic heterocycles. The minimum Gasteiger partial charge on any atom is -0.457 e.